The number of benzene rings is 1. The lowest BCUT2D eigenvalue weighted by atomic mass is 10.3. The average Bonchev–Trinajstić information content (AvgIpc) is 2.57. The van der Waals surface area contributed by atoms with Crippen molar-refractivity contribution >= 4 is 22.5 Å². The van der Waals surface area contributed by atoms with Crippen LogP contribution in [0.25, 0.3) is 0 Å². The maximum Gasteiger partial charge on any atom is 0.216 e. The molecule has 1 aliphatic rings. The third kappa shape index (κ3) is 1.67. The maximum atomic E-state index is 13.4. The van der Waals surface area contributed by atoms with Gasteiger partial charge in [-0.2, -0.15) is 0 Å². The Morgan fingerprint density at radius 1 is 1.46 bits per heavy atom. The van der Waals surface area contributed by atoms with Gasteiger partial charge in [0.25, 0.3) is 0 Å². The molecular weight excluding hydrogens is 209 g/mol. The average molecular weight is 217 g/mol. The van der Waals surface area contributed by atoms with E-state index in [1.165, 1.54) is 6.07 Å². The quantitative estimate of drug-likeness (QED) is 0.712. The fraction of sp³-hybridized carbons (Fsp3) is 0.111. The Bertz CT molecular complexity index is 333. The van der Waals surface area contributed by atoms with Gasteiger partial charge in [-0.05, 0) is 12.1 Å². The van der Waals surface area contributed by atoms with Gasteiger partial charge in [0.05, 0.1) is 15.9 Å². The van der Waals surface area contributed by atoms with E-state index in [-0.39, 0.29) is 16.7 Å². The first-order valence-electron chi connectivity index (χ1n) is 3.83. The largest absolute Gasteiger partial charge is 0.345 e. The van der Waals surface area contributed by atoms with E-state index in [4.69, 9.17) is 11.6 Å². The van der Waals surface area contributed by atoms with Crippen LogP contribution in [0.3, 0.4) is 0 Å². The van der Waals surface area contributed by atoms with Gasteiger partial charge in [-0.3, -0.25) is 0 Å². The van der Waals surface area contributed by atoms with Crippen molar-refractivity contribution < 1.29 is 4.39 Å². The molecule has 4 heteroatoms. The fourth-order valence-electron chi connectivity index (χ4n) is 1.19. The van der Waals surface area contributed by atoms with Crippen molar-refractivity contribution in [3.63, 3.8) is 0 Å². The minimum atomic E-state index is -0.218. The molecular formula is C9H8ClFNS+. The normalized spacial score (nSPS) is 20.3. The van der Waals surface area contributed by atoms with E-state index in [0.717, 1.165) is 5.88 Å². The summed E-state index contributed by atoms with van der Waals surface area (Å²) in [7, 11) is -0.212. The van der Waals surface area contributed by atoms with E-state index in [2.05, 4.69) is 5.32 Å². The van der Waals surface area contributed by atoms with Crippen molar-refractivity contribution in [2.45, 2.75) is 4.90 Å². The first kappa shape index (κ1) is 8.91. The minimum absolute atomic E-state index is 0.212. The first-order valence-corrected chi connectivity index (χ1v) is 5.66. The van der Waals surface area contributed by atoms with Gasteiger partial charge < -0.3 is 5.32 Å². The van der Waals surface area contributed by atoms with Crippen LogP contribution in [0.1, 0.15) is 0 Å². The first-order chi connectivity index (χ1) is 6.29. The van der Waals surface area contributed by atoms with E-state index in [1.54, 1.807) is 12.1 Å². The summed E-state index contributed by atoms with van der Waals surface area (Å²) in [4.78, 5) is 0.616. The number of hydrogen-bond acceptors (Lipinski definition) is 1. The van der Waals surface area contributed by atoms with Crippen LogP contribution in [-0.4, -0.2) is 5.88 Å². The summed E-state index contributed by atoms with van der Waals surface area (Å²) in [5, 5.41) is 5.49. The summed E-state index contributed by atoms with van der Waals surface area (Å²) in [6.07, 6.45) is 1.84. The molecule has 0 spiro atoms. The van der Waals surface area contributed by atoms with Gasteiger partial charge >= 0.3 is 0 Å². The predicted molar refractivity (Wildman–Crippen MR) is 54.2 cm³/mol. The summed E-state index contributed by atoms with van der Waals surface area (Å²) in [5.74, 6) is 0.532. The molecule has 1 aliphatic heterocycles. The predicted octanol–water partition coefficient (Wildman–Crippen LogP) is 2.49. The van der Waals surface area contributed by atoms with Crippen LogP contribution < -0.4 is 5.32 Å². The highest BCUT2D eigenvalue weighted by Crippen LogP contribution is 2.28. The molecule has 0 fully saturated rings. The second kappa shape index (κ2) is 3.60. The van der Waals surface area contributed by atoms with Crippen molar-refractivity contribution in [2.75, 3.05) is 5.88 Å². The van der Waals surface area contributed by atoms with E-state index >= 15 is 0 Å². The molecule has 1 atom stereocenters. The molecule has 0 aliphatic carbocycles. The zero-order valence-corrected chi connectivity index (χ0v) is 8.33. The lowest BCUT2D eigenvalue weighted by Gasteiger charge is -2.01. The minimum Gasteiger partial charge on any atom is -0.345 e. The molecule has 13 heavy (non-hydrogen) atoms. The van der Waals surface area contributed by atoms with Crippen molar-refractivity contribution in [3.05, 3.63) is 40.6 Å². The zero-order chi connectivity index (χ0) is 9.26. The number of hydrogen-bond donors (Lipinski definition) is 1. The zero-order valence-electron chi connectivity index (χ0n) is 6.76. The monoisotopic (exact) mass is 216 g/mol. The molecule has 1 N–H and O–H groups in total. The highest BCUT2D eigenvalue weighted by molar-refractivity contribution is 8.00. The Morgan fingerprint density at radius 2 is 2.31 bits per heavy atom. The van der Waals surface area contributed by atoms with E-state index < -0.39 is 0 Å². The second-order valence-electron chi connectivity index (χ2n) is 2.63. The fourth-order valence-corrected chi connectivity index (χ4v) is 3.20. The number of rotatable bonds is 1. The van der Waals surface area contributed by atoms with Crippen LogP contribution in [0.5, 0.6) is 0 Å². The van der Waals surface area contributed by atoms with Crippen LogP contribution in [0, 0.1) is 5.82 Å². The smallest absolute Gasteiger partial charge is 0.216 e. The van der Waals surface area contributed by atoms with Crippen molar-refractivity contribution in [1.82, 2.24) is 5.32 Å². The molecule has 1 aromatic rings. The second-order valence-corrected chi connectivity index (χ2v) is 4.86. The SMILES string of the molecule is Fc1cccc(Cl)c1[S+]1C=CNC1. The summed E-state index contributed by atoms with van der Waals surface area (Å²) in [6.45, 7) is 0. The summed E-state index contributed by atoms with van der Waals surface area (Å²) in [6, 6.07) is 4.79. The molecule has 0 aromatic heterocycles. The summed E-state index contributed by atoms with van der Waals surface area (Å²) < 4.78 is 13.4. The maximum absolute atomic E-state index is 13.4. The summed E-state index contributed by atoms with van der Waals surface area (Å²) in [5.41, 5.74) is 0. The van der Waals surface area contributed by atoms with E-state index in [0.29, 0.717) is 9.92 Å². The van der Waals surface area contributed by atoms with Gasteiger partial charge in [-0.1, -0.05) is 17.7 Å². The lowest BCUT2D eigenvalue weighted by molar-refractivity contribution is 0.601. The number of nitrogens with one attached hydrogen (secondary N) is 1. The molecule has 1 nitrogen and oxygen atoms in total. The van der Waals surface area contributed by atoms with Crippen LogP contribution in [0.4, 0.5) is 4.39 Å². The Labute approximate surface area is 83.9 Å². The third-order valence-electron chi connectivity index (χ3n) is 1.77. The van der Waals surface area contributed by atoms with Gasteiger partial charge in [0.1, 0.15) is 5.41 Å². The molecule has 0 amide bonds. The molecule has 1 heterocycles. The molecule has 0 bridgehead atoms. The third-order valence-corrected chi connectivity index (χ3v) is 4.08. The van der Waals surface area contributed by atoms with Gasteiger partial charge in [0.15, 0.2) is 11.7 Å². The molecule has 68 valence electrons. The van der Waals surface area contributed by atoms with Gasteiger partial charge in [-0.15, -0.1) is 0 Å². The Morgan fingerprint density at radius 3 is 2.92 bits per heavy atom. The lowest BCUT2D eigenvalue weighted by Crippen LogP contribution is -2.11. The van der Waals surface area contributed by atoms with Crippen LogP contribution in [-0.2, 0) is 10.9 Å². The molecule has 0 radical (unpaired) electrons. The Kier molecular flexibility index (Phi) is 2.47. The van der Waals surface area contributed by atoms with Gasteiger partial charge in [0.2, 0.25) is 4.90 Å². The Hall–Kier alpha value is -0.670. The molecule has 0 saturated heterocycles. The summed E-state index contributed by atoms with van der Waals surface area (Å²) >= 11 is 5.91. The standard InChI is InChI=1S/C9H8ClFNS/c10-7-2-1-3-8(11)9(7)13-5-4-12-6-13/h1-5,12H,6H2/q+1. The highest BCUT2D eigenvalue weighted by atomic mass is 35.5. The van der Waals surface area contributed by atoms with Gasteiger partial charge in [0, 0.05) is 6.20 Å². The topological polar surface area (TPSA) is 12.0 Å². The molecule has 0 saturated carbocycles. The van der Waals surface area contributed by atoms with Crippen LogP contribution >= 0.6 is 11.6 Å². The van der Waals surface area contributed by atoms with Crippen molar-refractivity contribution in [1.29, 1.82) is 0 Å². The molecule has 2 rings (SSSR count). The Balaban J connectivity index is 2.43. The van der Waals surface area contributed by atoms with Crippen LogP contribution in [0.2, 0.25) is 5.02 Å². The van der Waals surface area contributed by atoms with Crippen molar-refractivity contribution in [3.8, 4) is 0 Å². The number of halogens is 2. The molecule has 1 unspecified atom stereocenters. The highest BCUT2D eigenvalue weighted by Gasteiger charge is 2.28. The van der Waals surface area contributed by atoms with Gasteiger partial charge in [-0.25, -0.2) is 4.39 Å². The van der Waals surface area contributed by atoms with E-state index in [9.17, 15) is 4.39 Å². The molecule has 1 aromatic carbocycles. The van der Waals surface area contributed by atoms with E-state index in [1.807, 2.05) is 11.6 Å². The van der Waals surface area contributed by atoms with Crippen molar-refractivity contribution in [2.24, 2.45) is 0 Å². The van der Waals surface area contributed by atoms with Crippen LogP contribution in [0.15, 0.2) is 34.7 Å².